The predicted molar refractivity (Wildman–Crippen MR) is 95.5 cm³/mol. The van der Waals surface area contributed by atoms with Gasteiger partial charge in [0.05, 0.1) is 18.9 Å². The molecule has 0 aliphatic carbocycles. The first kappa shape index (κ1) is 16.9. The average Bonchev–Trinajstić information content (AvgIpc) is 2.85. The summed E-state index contributed by atoms with van der Waals surface area (Å²) in [6.45, 7) is 0.201. The smallest absolute Gasteiger partial charge is 0.289 e. The van der Waals surface area contributed by atoms with E-state index in [1.165, 1.54) is 4.90 Å². The predicted octanol–water partition coefficient (Wildman–Crippen LogP) is 4.16. The lowest BCUT2D eigenvalue weighted by atomic mass is 10.1. The van der Waals surface area contributed by atoms with Gasteiger partial charge in [-0.25, -0.2) is 0 Å². The Morgan fingerprint density at radius 1 is 1.08 bits per heavy atom. The fraction of sp³-hybridized carbons (Fsp3) is 0.222. The van der Waals surface area contributed by atoms with Crippen LogP contribution >= 0.6 is 23.4 Å². The molecule has 0 N–H and O–H groups in total. The van der Waals surface area contributed by atoms with E-state index >= 15 is 0 Å². The number of methoxy groups -OCH3 is 1. The molecule has 1 atom stereocenters. The SMILES string of the molecule is COc1ccccc1C[C@H]1SC(=O)N(Cc2ccccc2Cl)C1=O. The van der Waals surface area contributed by atoms with Crippen LogP contribution in [0.2, 0.25) is 5.02 Å². The highest BCUT2D eigenvalue weighted by Crippen LogP contribution is 2.33. The number of carbonyl (C=O) groups excluding carboxylic acids is 2. The second-order valence-electron chi connectivity index (χ2n) is 5.40. The molecule has 2 amide bonds. The Labute approximate surface area is 149 Å². The molecule has 0 spiro atoms. The molecule has 2 aromatic rings. The van der Waals surface area contributed by atoms with Gasteiger partial charge in [0.25, 0.3) is 5.24 Å². The number of halogens is 1. The van der Waals surface area contributed by atoms with Crippen molar-refractivity contribution in [2.45, 2.75) is 18.2 Å². The van der Waals surface area contributed by atoms with Gasteiger partial charge in [-0.2, -0.15) is 0 Å². The van der Waals surface area contributed by atoms with E-state index < -0.39 is 5.25 Å². The van der Waals surface area contributed by atoms with Gasteiger partial charge in [0.15, 0.2) is 0 Å². The van der Waals surface area contributed by atoms with Crippen LogP contribution in [-0.4, -0.2) is 28.4 Å². The number of carbonyl (C=O) groups is 2. The Morgan fingerprint density at radius 2 is 1.75 bits per heavy atom. The summed E-state index contributed by atoms with van der Waals surface area (Å²) in [5.74, 6) is 0.540. The molecular formula is C18H16ClNO3S. The van der Waals surface area contributed by atoms with Crippen LogP contribution < -0.4 is 4.74 Å². The van der Waals surface area contributed by atoms with Crippen molar-refractivity contribution >= 4 is 34.5 Å². The van der Waals surface area contributed by atoms with Crippen LogP contribution in [0.4, 0.5) is 4.79 Å². The summed E-state index contributed by atoms with van der Waals surface area (Å²) >= 11 is 7.19. The molecular weight excluding hydrogens is 346 g/mol. The number of nitrogens with zero attached hydrogens (tertiary/aromatic N) is 1. The molecule has 0 unspecified atom stereocenters. The van der Waals surface area contributed by atoms with Crippen LogP contribution in [0.15, 0.2) is 48.5 Å². The van der Waals surface area contributed by atoms with Crippen LogP contribution in [-0.2, 0) is 17.8 Å². The summed E-state index contributed by atoms with van der Waals surface area (Å²) in [5, 5.41) is -0.118. The summed E-state index contributed by atoms with van der Waals surface area (Å²) in [5.41, 5.74) is 1.68. The number of benzene rings is 2. The normalized spacial score (nSPS) is 17.4. The van der Waals surface area contributed by atoms with Gasteiger partial charge in [-0.05, 0) is 29.7 Å². The van der Waals surface area contributed by atoms with Crippen LogP contribution in [0.1, 0.15) is 11.1 Å². The summed E-state index contributed by atoms with van der Waals surface area (Å²) in [7, 11) is 1.59. The summed E-state index contributed by atoms with van der Waals surface area (Å²) in [6, 6.07) is 14.8. The lowest BCUT2D eigenvalue weighted by Crippen LogP contribution is -2.31. The van der Waals surface area contributed by atoms with Crippen molar-refractivity contribution in [2.75, 3.05) is 7.11 Å². The molecule has 3 rings (SSSR count). The van der Waals surface area contributed by atoms with Crippen molar-refractivity contribution in [1.29, 1.82) is 0 Å². The van der Waals surface area contributed by atoms with Crippen LogP contribution in [0.5, 0.6) is 5.75 Å². The van der Waals surface area contributed by atoms with E-state index in [0.717, 1.165) is 28.6 Å². The Morgan fingerprint density at radius 3 is 2.46 bits per heavy atom. The highest BCUT2D eigenvalue weighted by Gasteiger charge is 2.39. The average molecular weight is 362 g/mol. The molecule has 4 nitrogen and oxygen atoms in total. The summed E-state index contributed by atoms with van der Waals surface area (Å²) < 4.78 is 5.32. The highest BCUT2D eigenvalue weighted by atomic mass is 35.5. The van der Waals surface area contributed by atoms with Gasteiger partial charge >= 0.3 is 0 Å². The largest absolute Gasteiger partial charge is 0.496 e. The fourth-order valence-electron chi connectivity index (χ4n) is 2.64. The van der Waals surface area contributed by atoms with Crippen LogP contribution in [0.25, 0.3) is 0 Å². The van der Waals surface area contributed by atoms with E-state index in [4.69, 9.17) is 16.3 Å². The number of ether oxygens (including phenoxy) is 1. The minimum absolute atomic E-state index is 0.184. The summed E-state index contributed by atoms with van der Waals surface area (Å²) in [6.07, 6.45) is 0.457. The fourth-order valence-corrected chi connectivity index (χ4v) is 3.85. The Kier molecular flexibility index (Phi) is 5.11. The van der Waals surface area contributed by atoms with Gasteiger partial charge in [0.2, 0.25) is 5.91 Å². The second-order valence-corrected chi connectivity index (χ2v) is 6.97. The molecule has 124 valence electrons. The zero-order chi connectivity index (χ0) is 17.1. The van der Waals surface area contributed by atoms with Crippen molar-refractivity contribution in [3.63, 3.8) is 0 Å². The maximum atomic E-state index is 12.6. The minimum atomic E-state index is -0.434. The second kappa shape index (κ2) is 7.28. The van der Waals surface area contributed by atoms with E-state index in [1.54, 1.807) is 13.2 Å². The molecule has 0 radical (unpaired) electrons. The first-order valence-electron chi connectivity index (χ1n) is 7.47. The molecule has 1 saturated heterocycles. The molecule has 0 bridgehead atoms. The first-order chi connectivity index (χ1) is 11.6. The third-order valence-corrected chi connectivity index (χ3v) is 5.33. The quantitative estimate of drug-likeness (QED) is 0.802. The number of thioether (sulfide) groups is 1. The zero-order valence-electron chi connectivity index (χ0n) is 13.1. The summed E-state index contributed by atoms with van der Waals surface area (Å²) in [4.78, 5) is 26.2. The number of amides is 2. The van der Waals surface area contributed by atoms with Crippen LogP contribution in [0, 0.1) is 0 Å². The van der Waals surface area contributed by atoms with Gasteiger partial charge in [-0.15, -0.1) is 0 Å². The van der Waals surface area contributed by atoms with Gasteiger partial charge in [0, 0.05) is 5.02 Å². The van der Waals surface area contributed by atoms with Gasteiger partial charge in [0.1, 0.15) is 5.75 Å². The molecule has 1 aliphatic heterocycles. The zero-order valence-corrected chi connectivity index (χ0v) is 14.6. The number of para-hydroxylation sites is 1. The first-order valence-corrected chi connectivity index (χ1v) is 8.73. The molecule has 1 aliphatic rings. The molecule has 2 aromatic carbocycles. The van der Waals surface area contributed by atoms with E-state index in [9.17, 15) is 9.59 Å². The molecule has 0 saturated carbocycles. The van der Waals surface area contributed by atoms with Crippen molar-refractivity contribution in [2.24, 2.45) is 0 Å². The van der Waals surface area contributed by atoms with Gasteiger partial charge in [-0.3, -0.25) is 14.5 Å². The Bertz CT molecular complexity index is 780. The van der Waals surface area contributed by atoms with E-state index in [0.29, 0.717) is 11.4 Å². The molecule has 1 fully saturated rings. The number of hydrogen-bond donors (Lipinski definition) is 0. The van der Waals surface area contributed by atoms with Crippen molar-refractivity contribution in [1.82, 2.24) is 4.90 Å². The van der Waals surface area contributed by atoms with Crippen LogP contribution in [0.3, 0.4) is 0 Å². The standard InChI is InChI=1S/C18H16ClNO3S/c1-23-15-9-5-3-6-12(15)10-16-17(21)20(18(22)24-16)11-13-7-2-4-8-14(13)19/h2-9,16H,10-11H2,1H3/t16-/m1/s1. The molecule has 0 aromatic heterocycles. The number of hydrogen-bond acceptors (Lipinski definition) is 4. The third-order valence-electron chi connectivity index (χ3n) is 3.89. The van der Waals surface area contributed by atoms with E-state index in [1.807, 2.05) is 42.5 Å². The Balaban J connectivity index is 1.76. The maximum absolute atomic E-state index is 12.6. The molecule has 6 heteroatoms. The number of rotatable bonds is 5. The van der Waals surface area contributed by atoms with Gasteiger partial charge in [-0.1, -0.05) is 59.8 Å². The third kappa shape index (κ3) is 3.42. The van der Waals surface area contributed by atoms with Crippen molar-refractivity contribution < 1.29 is 14.3 Å². The molecule has 24 heavy (non-hydrogen) atoms. The molecule has 1 heterocycles. The maximum Gasteiger partial charge on any atom is 0.289 e. The minimum Gasteiger partial charge on any atom is -0.496 e. The monoisotopic (exact) mass is 361 g/mol. The lowest BCUT2D eigenvalue weighted by molar-refractivity contribution is -0.127. The van der Waals surface area contributed by atoms with Crippen molar-refractivity contribution in [3.05, 3.63) is 64.7 Å². The Hall–Kier alpha value is -1.98. The van der Waals surface area contributed by atoms with Crippen molar-refractivity contribution in [3.8, 4) is 5.75 Å². The topological polar surface area (TPSA) is 46.6 Å². The van der Waals surface area contributed by atoms with Gasteiger partial charge < -0.3 is 4.74 Å². The lowest BCUT2D eigenvalue weighted by Gasteiger charge is -2.15. The van der Waals surface area contributed by atoms with E-state index in [2.05, 4.69) is 0 Å². The number of imide groups is 1. The van der Waals surface area contributed by atoms with E-state index in [-0.39, 0.29) is 17.7 Å². The highest BCUT2D eigenvalue weighted by molar-refractivity contribution is 8.15.